The van der Waals surface area contributed by atoms with Gasteiger partial charge in [0.2, 0.25) is 5.95 Å². The van der Waals surface area contributed by atoms with Crippen molar-refractivity contribution in [3.63, 3.8) is 0 Å². The topological polar surface area (TPSA) is 89.2 Å². The number of piperidine rings is 1. The fourth-order valence-electron chi connectivity index (χ4n) is 2.59. The average Bonchev–Trinajstić information content (AvgIpc) is 2.30. The highest BCUT2D eigenvalue weighted by atomic mass is 32.2. The summed E-state index contributed by atoms with van der Waals surface area (Å²) in [6.07, 6.45) is 4.92. The van der Waals surface area contributed by atoms with Crippen LogP contribution >= 0.6 is 0 Å². The predicted octanol–water partition coefficient (Wildman–Crippen LogP) is 0.628. The summed E-state index contributed by atoms with van der Waals surface area (Å²) in [5.41, 5.74) is 6.59. The van der Waals surface area contributed by atoms with Gasteiger partial charge < -0.3 is 10.6 Å². The van der Waals surface area contributed by atoms with Crippen molar-refractivity contribution in [1.29, 1.82) is 0 Å². The molecule has 7 heteroatoms. The highest BCUT2D eigenvalue weighted by Crippen LogP contribution is 2.25. The third-order valence-corrected chi connectivity index (χ3v) is 4.40. The first kappa shape index (κ1) is 14.0. The lowest BCUT2D eigenvalue weighted by Gasteiger charge is -2.34. The van der Waals surface area contributed by atoms with Gasteiger partial charge in [-0.05, 0) is 25.7 Å². The zero-order chi connectivity index (χ0) is 14.0. The lowest BCUT2D eigenvalue weighted by molar-refractivity contribution is 0.442. The molecule has 2 N–H and O–H groups in total. The van der Waals surface area contributed by atoms with Gasteiger partial charge in [-0.2, -0.15) is 4.98 Å². The Hall–Kier alpha value is -1.37. The normalized spacial score (nSPS) is 20.5. The molecule has 0 spiro atoms. The molecule has 0 radical (unpaired) electrons. The fraction of sp³-hybridized carbons (Fsp3) is 0.667. The van der Waals surface area contributed by atoms with Gasteiger partial charge in [0.15, 0.2) is 0 Å². The van der Waals surface area contributed by atoms with Crippen molar-refractivity contribution < 1.29 is 8.42 Å². The summed E-state index contributed by atoms with van der Waals surface area (Å²) in [6.45, 7) is 3.54. The molecule has 2 rings (SSSR count). The van der Waals surface area contributed by atoms with Gasteiger partial charge in [-0.3, -0.25) is 0 Å². The van der Waals surface area contributed by atoms with Crippen LogP contribution in [-0.2, 0) is 9.84 Å². The molecule has 0 saturated carbocycles. The SMILES string of the molecule is Cc1cnc(N)nc1N1CCC[C@@H](CS(C)(=O)=O)C1. The van der Waals surface area contributed by atoms with E-state index in [0.29, 0.717) is 6.54 Å². The number of nitrogens with zero attached hydrogens (tertiary/aromatic N) is 3. The van der Waals surface area contributed by atoms with Crippen molar-refractivity contribution in [3.8, 4) is 0 Å². The predicted molar refractivity (Wildman–Crippen MR) is 75.8 cm³/mol. The molecule has 1 aliphatic rings. The first-order valence-corrected chi connectivity index (χ1v) is 8.43. The second-order valence-corrected chi connectivity index (χ2v) is 7.47. The maximum absolute atomic E-state index is 11.4. The second kappa shape index (κ2) is 5.32. The first-order valence-electron chi connectivity index (χ1n) is 6.37. The number of hydrogen-bond donors (Lipinski definition) is 1. The van der Waals surface area contributed by atoms with Crippen molar-refractivity contribution in [2.24, 2.45) is 5.92 Å². The molecule has 19 heavy (non-hydrogen) atoms. The highest BCUT2D eigenvalue weighted by molar-refractivity contribution is 7.90. The Kier molecular flexibility index (Phi) is 3.93. The van der Waals surface area contributed by atoms with Crippen molar-refractivity contribution in [2.45, 2.75) is 19.8 Å². The Morgan fingerprint density at radius 1 is 1.53 bits per heavy atom. The van der Waals surface area contributed by atoms with Crippen LogP contribution in [-0.4, -0.2) is 43.5 Å². The molecule has 1 aliphatic heterocycles. The Labute approximate surface area is 114 Å². The third-order valence-electron chi connectivity index (χ3n) is 3.32. The second-order valence-electron chi connectivity index (χ2n) is 5.28. The number of aryl methyl sites for hydroxylation is 1. The lowest BCUT2D eigenvalue weighted by Crippen LogP contribution is -2.39. The lowest BCUT2D eigenvalue weighted by atomic mass is 10.00. The minimum Gasteiger partial charge on any atom is -0.368 e. The zero-order valence-electron chi connectivity index (χ0n) is 11.3. The molecule has 1 aromatic rings. The van der Waals surface area contributed by atoms with Crippen LogP contribution in [0.2, 0.25) is 0 Å². The van der Waals surface area contributed by atoms with Crippen LogP contribution in [0.3, 0.4) is 0 Å². The molecule has 2 heterocycles. The van der Waals surface area contributed by atoms with E-state index in [9.17, 15) is 8.42 Å². The molecular formula is C12H20N4O2S. The van der Waals surface area contributed by atoms with Gasteiger partial charge in [-0.1, -0.05) is 0 Å². The standard InChI is InChI=1S/C12H20N4O2S/c1-9-6-14-12(13)15-11(9)16-5-3-4-10(7-16)8-19(2,17)18/h6,10H,3-5,7-8H2,1-2H3,(H2,13,14,15)/t10-/m1/s1. The summed E-state index contributed by atoms with van der Waals surface area (Å²) in [6, 6.07) is 0. The van der Waals surface area contributed by atoms with E-state index in [1.165, 1.54) is 6.26 Å². The minimum atomic E-state index is -2.93. The molecule has 0 amide bonds. The summed E-state index contributed by atoms with van der Waals surface area (Å²) in [5, 5.41) is 0. The van der Waals surface area contributed by atoms with Crippen LogP contribution in [0, 0.1) is 12.8 Å². The molecule has 106 valence electrons. The molecule has 1 fully saturated rings. The zero-order valence-corrected chi connectivity index (χ0v) is 12.2. The quantitative estimate of drug-likeness (QED) is 0.875. The summed E-state index contributed by atoms with van der Waals surface area (Å²) in [7, 11) is -2.93. The monoisotopic (exact) mass is 284 g/mol. The number of anilines is 2. The van der Waals surface area contributed by atoms with Crippen molar-refractivity contribution >= 4 is 21.6 Å². The highest BCUT2D eigenvalue weighted by Gasteiger charge is 2.24. The summed E-state index contributed by atoms with van der Waals surface area (Å²) in [4.78, 5) is 10.3. The molecule has 0 unspecified atom stereocenters. The van der Waals surface area contributed by atoms with Gasteiger partial charge in [-0.15, -0.1) is 0 Å². The average molecular weight is 284 g/mol. The molecule has 6 nitrogen and oxygen atoms in total. The largest absolute Gasteiger partial charge is 0.368 e. The van der Waals surface area contributed by atoms with Crippen LogP contribution < -0.4 is 10.6 Å². The molecule has 1 saturated heterocycles. The maximum Gasteiger partial charge on any atom is 0.221 e. The molecular weight excluding hydrogens is 264 g/mol. The number of nitrogens with two attached hydrogens (primary N) is 1. The Morgan fingerprint density at radius 2 is 2.26 bits per heavy atom. The van der Waals surface area contributed by atoms with Crippen molar-refractivity contribution in [2.75, 3.05) is 35.7 Å². The van der Waals surface area contributed by atoms with E-state index in [1.807, 2.05) is 6.92 Å². The Bertz CT molecular complexity index is 559. The minimum absolute atomic E-state index is 0.166. The van der Waals surface area contributed by atoms with Gasteiger partial charge in [0.25, 0.3) is 0 Å². The van der Waals surface area contributed by atoms with E-state index in [2.05, 4.69) is 14.9 Å². The van der Waals surface area contributed by atoms with E-state index >= 15 is 0 Å². The Balaban J connectivity index is 2.15. The molecule has 0 bridgehead atoms. The number of hydrogen-bond acceptors (Lipinski definition) is 6. The van der Waals surface area contributed by atoms with Crippen LogP contribution in [0.1, 0.15) is 18.4 Å². The van der Waals surface area contributed by atoms with E-state index < -0.39 is 9.84 Å². The first-order chi connectivity index (χ1) is 8.85. The van der Waals surface area contributed by atoms with Crippen LogP contribution in [0.15, 0.2) is 6.20 Å². The smallest absolute Gasteiger partial charge is 0.221 e. The van der Waals surface area contributed by atoms with Crippen molar-refractivity contribution in [3.05, 3.63) is 11.8 Å². The van der Waals surface area contributed by atoms with E-state index in [1.54, 1.807) is 6.20 Å². The van der Waals surface area contributed by atoms with E-state index in [-0.39, 0.29) is 17.6 Å². The van der Waals surface area contributed by atoms with Gasteiger partial charge in [0.05, 0.1) is 5.75 Å². The van der Waals surface area contributed by atoms with Crippen LogP contribution in [0.5, 0.6) is 0 Å². The summed E-state index contributed by atoms with van der Waals surface area (Å²) in [5.74, 6) is 1.49. The number of nitrogen functional groups attached to an aromatic ring is 1. The van der Waals surface area contributed by atoms with Crippen LogP contribution in [0.4, 0.5) is 11.8 Å². The summed E-state index contributed by atoms with van der Waals surface area (Å²) < 4.78 is 22.8. The van der Waals surface area contributed by atoms with Gasteiger partial charge in [-0.25, -0.2) is 13.4 Å². The molecule has 1 atom stereocenters. The molecule has 1 aromatic heterocycles. The van der Waals surface area contributed by atoms with Gasteiger partial charge in [0, 0.05) is 31.1 Å². The summed E-state index contributed by atoms with van der Waals surface area (Å²) >= 11 is 0. The fourth-order valence-corrected chi connectivity index (χ4v) is 3.72. The molecule has 0 aliphatic carbocycles. The van der Waals surface area contributed by atoms with E-state index in [4.69, 9.17) is 5.73 Å². The third kappa shape index (κ3) is 3.79. The molecule has 0 aromatic carbocycles. The van der Waals surface area contributed by atoms with Crippen molar-refractivity contribution in [1.82, 2.24) is 9.97 Å². The number of sulfone groups is 1. The number of rotatable bonds is 3. The Morgan fingerprint density at radius 3 is 2.95 bits per heavy atom. The van der Waals surface area contributed by atoms with E-state index in [0.717, 1.165) is 30.8 Å². The van der Waals surface area contributed by atoms with Crippen LogP contribution in [0.25, 0.3) is 0 Å². The van der Waals surface area contributed by atoms with Gasteiger partial charge >= 0.3 is 0 Å². The maximum atomic E-state index is 11.4. The van der Waals surface area contributed by atoms with Gasteiger partial charge in [0.1, 0.15) is 15.7 Å². The number of aromatic nitrogens is 2.